The molecule has 2 saturated heterocycles. The largest absolute Gasteiger partial charge is 0.376 e. The van der Waals surface area contributed by atoms with Gasteiger partial charge in [-0.15, -0.1) is 0 Å². The molecule has 2 bridgehead atoms. The maximum absolute atomic E-state index is 12.2. The second-order valence-corrected chi connectivity index (χ2v) is 9.87. The van der Waals surface area contributed by atoms with E-state index in [2.05, 4.69) is 42.0 Å². The van der Waals surface area contributed by atoms with E-state index in [0.29, 0.717) is 24.9 Å². The quantitative estimate of drug-likeness (QED) is 0.560. The molecule has 7 nitrogen and oxygen atoms in total. The highest BCUT2D eigenvalue weighted by Crippen LogP contribution is 2.19. The summed E-state index contributed by atoms with van der Waals surface area (Å²) in [5, 5.41) is 11.9. The first kappa shape index (κ1) is 24.7. The van der Waals surface area contributed by atoms with Crippen molar-refractivity contribution in [3.05, 3.63) is 35.4 Å². The van der Waals surface area contributed by atoms with Crippen LogP contribution in [0.5, 0.6) is 0 Å². The summed E-state index contributed by atoms with van der Waals surface area (Å²) in [6.45, 7) is 13.5. The van der Waals surface area contributed by atoms with Crippen LogP contribution in [0.25, 0.3) is 0 Å². The zero-order valence-corrected chi connectivity index (χ0v) is 19.8. The van der Waals surface area contributed by atoms with Crippen LogP contribution in [0.3, 0.4) is 0 Å². The summed E-state index contributed by atoms with van der Waals surface area (Å²) in [7, 11) is 0. The van der Waals surface area contributed by atoms with E-state index in [1.54, 1.807) is 12.1 Å². The van der Waals surface area contributed by atoms with Gasteiger partial charge in [-0.1, -0.05) is 12.1 Å². The summed E-state index contributed by atoms with van der Waals surface area (Å²) >= 11 is 0. The fourth-order valence-electron chi connectivity index (χ4n) is 4.34. The average molecular weight is 443 g/mol. The maximum atomic E-state index is 12.2. The number of nitrogens with one attached hydrogen (secondary N) is 1. The van der Waals surface area contributed by atoms with Crippen LogP contribution in [0.1, 0.15) is 44.7 Å². The molecule has 0 spiro atoms. The minimum absolute atomic E-state index is 0.0684. The van der Waals surface area contributed by atoms with E-state index < -0.39 is 0 Å². The van der Waals surface area contributed by atoms with Crippen LogP contribution < -0.4 is 5.32 Å². The van der Waals surface area contributed by atoms with Crippen molar-refractivity contribution in [2.24, 2.45) is 0 Å². The van der Waals surface area contributed by atoms with Gasteiger partial charge in [0.05, 0.1) is 29.4 Å². The Kier molecular flexibility index (Phi) is 9.06. The molecule has 0 saturated carbocycles. The van der Waals surface area contributed by atoms with Gasteiger partial charge in [-0.2, -0.15) is 5.26 Å². The van der Waals surface area contributed by atoms with Gasteiger partial charge < -0.3 is 14.8 Å². The molecule has 176 valence electrons. The average Bonchev–Trinajstić information content (AvgIpc) is 2.74. The lowest BCUT2D eigenvalue weighted by atomic mass is 10.1. The minimum Gasteiger partial charge on any atom is -0.376 e. The van der Waals surface area contributed by atoms with Crippen molar-refractivity contribution in [2.45, 2.75) is 57.8 Å². The van der Waals surface area contributed by atoms with Crippen molar-refractivity contribution in [3.8, 4) is 6.07 Å². The van der Waals surface area contributed by atoms with Gasteiger partial charge in [0.25, 0.3) is 0 Å². The Morgan fingerprint density at radius 2 is 1.75 bits per heavy atom. The van der Waals surface area contributed by atoms with Crippen molar-refractivity contribution in [3.63, 3.8) is 0 Å². The predicted molar refractivity (Wildman–Crippen MR) is 124 cm³/mol. The van der Waals surface area contributed by atoms with E-state index in [9.17, 15) is 4.79 Å². The van der Waals surface area contributed by atoms with Crippen molar-refractivity contribution >= 4 is 5.91 Å². The molecule has 1 amide bonds. The Bertz CT molecular complexity index is 755. The molecule has 2 aliphatic rings. The highest BCUT2D eigenvalue weighted by molar-refractivity contribution is 5.76. The lowest BCUT2D eigenvalue weighted by Crippen LogP contribution is -2.60. The van der Waals surface area contributed by atoms with Crippen molar-refractivity contribution in [1.29, 1.82) is 5.26 Å². The minimum atomic E-state index is -0.0684. The molecule has 2 aliphatic heterocycles. The third-order valence-corrected chi connectivity index (χ3v) is 5.86. The zero-order chi connectivity index (χ0) is 23.0. The molecule has 2 unspecified atom stereocenters. The van der Waals surface area contributed by atoms with E-state index in [4.69, 9.17) is 14.7 Å². The fraction of sp³-hybridized carbons (Fsp3) is 0.680. The van der Waals surface area contributed by atoms with Gasteiger partial charge >= 0.3 is 0 Å². The molecular weight excluding hydrogens is 404 g/mol. The molecule has 1 aromatic rings. The third-order valence-electron chi connectivity index (χ3n) is 5.86. The second kappa shape index (κ2) is 11.8. The Morgan fingerprint density at radius 3 is 2.34 bits per heavy atom. The standard InChI is InChI=1S/C25H38N4O3/c1-25(2,3)31-14-4-12-28-16-22-18-29(19-23(17-28)32-22)13-11-27-24(30)10-9-20-5-7-21(15-26)8-6-20/h5-8,22-23H,4,9-14,16-19H2,1-3H3,(H,27,30). The van der Waals surface area contributed by atoms with Crippen LogP contribution in [-0.2, 0) is 20.7 Å². The number of carbonyl (C=O) groups excluding carboxylic acids is 1. The van der Waals surface area contributed by atoms with E-state index in [1.165, 1.54) is 0 Å². The number of carbonyl (C=O) groups is 1. The molecule has 1 N–H and O–H groups in total. The number of aryl methyl sites for hydroxylation is 1. The molecule has 0 aromatic heterocycles. The Morgan fingerprint density at radius 1 is 1.12 bits per heavy atom. The Labute approximate surface area is 192 Å². The van der Waals surface area contributed by atoms with Gasteiger partial charge in [-0.05, 0) is 51.3 Å². The van der Waals surface area contributed by atoms with Gasteiger partial charge in [0.15, 0.2) is 0 Å². The summed E-state index contributed by atoms with van der Waals surface area (Å²) in [4.78, 5) is 17.1. The van der Waals surface area contributed by atoms with Crippen LogP contribution in [-0.4, -0.2) is 85.9 Å². The summed E-state index contributed by atoms with van der Waals surface area (Å²) in [6, 6.07) is 9.53. The first-order chi connectivity index (χ1) is 15.3. The molecule has 0 aliphatic carbocycles. The first-order valence-corrected chi connectivity index (χ1v) is 11.8. The summed E-state index contributed by atoms with van der Waals surface area (Å²) in [6.07, 6.45) is 2.70. The van der Waals surface area contributed by atoms with Gasteiger partial charge in [0, 0.05) is 58.8 Å². The molecule has 2 heterocycles. The number of nitriles is 1. The van der Waals surface area contributed by atoms with Crippen molar-refractivity contribution in [1.82, 2.24) is 15.1 Å². The maximum Gasteiger partial charge on any atom is 0.220 e. The number of fused-ring (bicyclic) bond motifs is 2. The van der Waals surface area contributed by atoms with E-state index in [-0.39, 0.29) is 23.7 Å². The number of amides is 1. The highest BCUT2D eigenvalue weighted by atomic mass is 16.5. The topological polar surface area (TPSA) is 77.8 Å². The number of ether oxygens (including phenoxy) is 2. The van der Waals surface area contributed by atoms with Crippen molar-refractivity contribution < 1.29 is 14.3 Å². The Balaban J connectivity index is 1.29. The monoisotopic (exact) mass is 442 g/mol. The van der Waals surface area contributed by atoms with Crippen molar-refractivity contribution in [2.75, 3.05) is 52.4 Å². The number of hydrogen-bond acceptors (Lipinski definition) is 6. The number of nitrogens with zero attached hydrogens (tertiary/aromatic N) is 3. The molecule has 1 aromatic carbocycles. The number of rotatable bonds is 10. The van der Waals surface area contributed by atoms with Gasteiger partial charge in [-0.3, -0.25) is 14.6 Å². The second-order valence-electron chi connectivity index (χ2n) is 9.87. The lowest BCUT2D eigenvalue weighted by Gasteiger charge is -2.46. The predicted octanol–water partition coefficient (Wildman–Crippen LogP) is 2.20. The summed E-state index contributed by atoms with van der Waals surface area (Å²) in [5.74, 6) is 0.0754. The van der Waals surface area contributed by atoms with E-state index >= 15 is 0 Å². The molecule has 7 heteroatoms. The number of morpholine rings is 2. The van der Waals surface area contributed by atoms with Gasteiger partial charge in [0.1, 0.15) is 0 Å². The molecule has 3 rings (SSSR count). The van der Waals surface area contributed by atoms with Crippen LogP contribution in [0, 0.1) is 11.3 Å². The third kappa shape index (κ3) is 8.51. The molecule has 0 radical (unpaired) electrons. The van der Waals surface area contributed by atoms with Crippen LogP contribution in [0.15, 0.2) is 24.3 Å². The normalized spacial score (nSPS) is 21.8. The molecular formula is C25H38N4O3. The lowest BCUT2D eigenvalue weighted by molar-refractivity contribution is -0.139. The zero-order valence-electron chi connectivity index (χ0n) is 19.8. The summed E-state index contributed by atoms with van der Waals surface area (Å²) < 4.78 is 12.0. The van der Waals surface area contributed by atoms with Crippen LogP contribution in [0.4, 0.5) is 0 Å². The van der Waals surface area contributed by atoms with Crippen LogP contribution >= 0.6 is 0 Å². The first-order valence-electron chi connectivity index (χ1n) is 11.8. The van der Waals surface area contributed by atoms with Gasteiger partial charge in [0.2, 0.25) is 5.91 Å². The number of hydrogen-bond donors (Lipinski definition) is 1. The van der Waals surface area contributed by atoms with Gasteiger partial charge in [-0.25, -0.2) is 0 Å². The SMILES string of the molecule is CC(C)(C)OCCCN1CC2CN(CCNC(=O)CCc3ccc(C#N)cc3)CC(C1)O2. The highest BCUT2D eigenvalue weighted by Gasteiger charge is 2.34. The van der Waals surface area contributed by atoms with E-state index in [0.717, 1.165) is 57.9 Å². The van der Waals surface area contributed by atoms with Crippen LogP contribution in [0.2, 0.25) is 0 Å². The number of benzene rings is 1. The molecule has 2 fully saturated rings. The Hall–Kier alpha value is -1.98. The molecule has 32 heavy (non-hydrogen) atoms. The summed E-state index contributed by atoms with van der Waals surface area (Å²) in [5.41, 5.74) is 1.65. The molecule has 2 atom stereocenters. The fourth-order valence-corrected chi connectivity index (χ4v) is 4.34. The smallest absolute Gasteiger partial charge is 0.220 e. The van der Waals surface area contributed by atoms with E-state index in [1.807, 2.05) is 12.1 Å².